The molecule has 8 heteroatoms. The summed E-state index contributed by atoms with van der Waals surface area (Å²) in [5.41, 5.74) is -1.28. The number of rotatable bonds is 3. The first kappa shape index (κ1) is 21.1. The predicted octanol–water partition coefficient (Wildman–Crippen LogP) is 2.61. The molecule has 0 aromatic heterocycles. The third-order valence-electron chi connectivity index (χ3n) is 3.55. The molecule has 1 aliphatic heterocycles. The van der Waals surface area contributed by atoms with Crippen LogP contribution < -0.4 is 5.32 Å². The molecule has 0 unspecified atom stereocenters. The Bertz CT molecular complexity index is 506. The second-order valence-electron chi connectivity index (χ2n) is 8.33. The Morgan fingerprint density at radius 1 is 1.08 bits per heavy atom. The Balaban J connectivity index is 2.79. The SMILES string of the molecule is CC(C)(C)OC(=O)N[C@@H]1CN(C(=O)OC(C)(C)C)CC[C@@H]1CC(=O)O. The molecular weight excluding hydrogens is 328 g/mol. The third kappa shape index (κ3) is 8.09. The quantitative estimate of drug-likeness (QED) is 0.803. The molecule has 2 atom stereocenters. The van der Waals surface area contributed by atoms with Crippen LogP contribution in [0, 0.1) is 5.92 Å². The van der Waals surface area contributed by atoms with Gasteiger partial charge >= 0.3 is 18.2 Å². The van der Waals surface area contributed by atoms with E-state index in [1.165, 1.54) is 4.90 Å². The van der Waals surface area contributed by atoms with Crippen molar-refractivity contribution in [3.63, 3.8) is 0 Å². The molecule has 2 amide bonds. The fraction of sp³-hybridized carbons (Fsp3) is 0.824. The van der Waals surface area contributed by atoms with Gasteiger partial charge in [0.05, 0.1) is 12.5 Å². The number of nitrogens with one attached hydrogen (secondary N) is 1. The molecular formula is C17H30N2O6. The lowest BCUT2D eigenvalue weighted by atomic mass is 9.89. The van der Waals surface area contributed by atoms with Gasteiger partial charge in [0.15, 0.2) is 0 Å². The summed E-state index contributed by atoms with van der Waals surface area (Å²) in [7, 11) is 0. The minimum atomic E-state index is -0.938. The Morgan fingerprint density at radius 2 is 1.64 bits per heavy atom. The van der Waals surface area contributed by atoms with Gasteiger partial charge in [-0.2, -0.15) is 0 Å². The molecule has 1 heterocycles. The number of nitrogens with zero attached hydrogens (tertiary/aromatic N) is 1. The van der Waals surface area contributed by atoms with E-state index in [0.29, 0.717) is 13.0 Å². The lowest BCUT2D eigenvalue weighted by molar-refractivity contribution is -0.138. The highest BCUT2D eigenvalue weighted by Gasteiger charge is 2.36. The molecule has 1 fully saturated rings. The van der Waals surface area contributed by atoms with Crippen LogP contribution in [0.4, 0.5) is 9.59 Å². The molecule has 0 aliphatic carbocycles. The number of carbonyl (C=O) groups excluding carboxylic acids is 2. The second-order valence-corrected chi connectivity index (χ2v) is 8.33. The van der Waals surface area contributed by atoms with Crippen molar-refractivity contribution in [1.82, 2.24) is 10.2 Å². The zero-order chi connectivity index (χ0) is 19.4. The summed E-state index contributed by atoms with van der Waals surface area (Å²) >= 11 is 0. The molecule has 1 rings (SSSR count). The second kappa shape index (κ2) is 7.93. The van der Waals surface area contributed by atoms with Crippen molar-refractivity contribution in [3.05, 3.63) is 0 Å². The van der Waals surface area contributed by atoms with Crippen molar-refractivity contribution in [1.29, 1.82) is 0 Å². The highest BCUT2D eigenvalue weighted by atomic mass is 16.6. The summed E-state index contributed by atoms with van der Waals surface area (Å²) in [6.07, 6.45) is -0.717. The molecule has 1 saturated heterocycles. The summed E-state index contributed by atoms with van der Waals surface area (Å²) in [5.74, 6) is -1.21. The molecule has 0 saturated carbocycles. The van der Waals surface area contributed by atoms with E-state index in [1.807, 2.05) is 0 Å². The summed E-state index contributed by atoms with van der Waals surface area (Å²) in [6.45, 7) is 11.1. The maximum atomic E-state index is 12.2. The third-order valence-corrected chi connectivity index (χ3v) is 3.55. The van der Waals surface area contributed by atoms with Gasteiger partial charge in [-0.05, 0) is 53.9 Å². The molecule has 1 aliphatic rings. The largest absolute Gasteiger partial charge is 0.481 e. The first-order valence-corrected chi connectivity index (χ1v) is 8.46. The lowest BCUT2D eigenvalue weighted by Gasteiger charge is -2.39. The number of likely N-dealkylation sites (tertiary alicyclic amines) is 1. The molecule has 0 aromatic carbocycles. The molecule has 25 heavy (non-hydrogen) atoms. The van der Waals surface area contributed by atoms with Crippen molar-refractivity contribution in [3.8, 4) is 0 Å². The van der Waals surface area contributed by atoms with Gasteiger partial charge < -0.3 is 24.8 Å². The monoisotopic (exact) mass is 358 g/mol. The number of carboxylic acids is 1. The van der Waals surface area contributed by atoms with Crippen LogP contribution in [0.15, 0.2) is 0 Å². The number of carboxylic acid groups (broad SMARTS) is 1. The van der Waals surface area contributed by atoms with Crippen molar-refractivity contribution >= 4 is 18.2 Å². The number of hydrogen-bond acceptors (Lipinski definition) is 5. The van der Waals surface area contributed by atoms with Gasteiger partial charge in [0, 0.05) is 13.1 Å². The van der Waals surface area contributed by atoms with Crippen LogP contribution in [0.25, 0.3) is 0 Å². The lowest BCUT2D eigenvalue weighted by Crippen LogP contribution is -2.55. The van der Waals surface area contributed by atoms with E-state index in [2.05, 4.69) is 5.32 Å². The zero-order valence-corrected chi connectivity index (χ0v) is 15.9. The fourth-order valence-electron chi connectivity index (χ4n) is 2.58. The van der Waals surface area contributed by atoms with E-state index in [9.17, 15) is 14.4 Å². The van der Waals surface area contributed by atoms with Crippen molar-refractivity contribution in [2.75, 3.05) is 13.1 Å². The average molecular weight is 358 g/mol. The number of amides is 2. The van der Waals surface area contributed by atoms with Gasteiger partial charge in [-0.25, -0.2) is 9.59 Å². The molecule has 8 nitrogen and oxygen atoms in total. The number of carbonyl (C=O) groups is 3. The first-order valence-electron chi connectivity index (χ1n) is 8.46. The Kier molecular flexibility index (Phi) is 6.68. The smallest absolute Gasteiger partial charge is 0.410 e. The number of ether oxygens (including phenoxy) is 2. The van der Waals surface area contributed by atoms with Crippen molar-refractivity contribution in [2.45, 2.75) is 71.6 Å². The summed E-state index contributed by atoms with van der Waals surface area (Å²) in [5, 5.41) is 11.8. The Labute approximate surface area is 148 Å². The maximum absolute atomic E-state index is 12.2. The number of hydrogen-bond donors (Lipinski definition) is 2. The highest BCUT2D eigenvalue weighted by molar-refractivity contribution is 5.71. The van der Waals surface area contributed by atoms with Gasteiger partial charge in [-0.15, -0.1) is 0 Å². The van der Waals surface area contributed by atoms with Crippen LogP contribution in [0.1, 0.15) is 54.4 Å². The van der Waals surface area contributed by atoms with E-state index in [-0.39, 0.29) is 18.9 Å². The van der Waals surface area contributed by atoms with E-state index in [1.54, 1.807) is 41.5 Å². The van der Waals surface area contributed by atoms with E-state index in [4.69, 9.17) is 14.6 Å². The van der Waals surface area contributed by atoms with Crippen molar-refractivity contribution < 1.29 is 29.0 Å². The standard InChI is InChI=1S/C17H30N2O6/c1-16(2,3)24-14(22)18-12-10-19(15(23)25-17(4,5)6)8-7-11(12)9-13(20)21/h11-12H,7-10H2,1-6H3,(H,18,22)(H,20,21)/t11-,12-/m1/s1. The molecule has 2 N–H and O–H groups in total. The minimum absolute atomic E-state index is 0.0807. The van der Waals surface area contributed by atoms with Crippen LogP contribution in [0.2, 0.25) is 0 Å². The van der Waals surface area contributed by atoms with Crippen LogP contribution in [0.5, 0.6) is 0 Å². The van der Waals surface area contributed by atoms with Gasteiger partial charge in [0.2, 0.25) is 0 Å². The topological polar surface area (TPSA) is 105 Å². The van der Waals surface area contributed by atoms with Gasteiger partial charge in [0.25, 0.3) is 0 Å². The number of alkyl carbamates (subject to hydrolysis) is 1. The van der Waals surface area contributed by atoms with Crippen LogP contribution >= 0.6 is 0 Å². The summed E-state index contributed by atoms with van der Waals surface area (Å²) < 4.78 is 10.6. The first-order chi connectivity index (χ1) is 11.3. The van der Waals surface area contributed by atoms with Gasteiger partial charge in [0.1, 0.15) is 11.2 Å². The van der Waals surface area contributed by atoms with Crippen LogP contribution in [-0.2, 0) is 14.3 Å². The number of aliphatic carboxylic acids is 1. The molecule has 0 aromatic rings. The molecule has 0 spiro atoms. The Hall–Kier alpha value is -1.99. The van der Waals surface area contributed by atoms with E-state index < -0.39 is 35.4 Å². The zero-order valence-electron chi connectivity index (χ0n) is 15.9. The van der Waals surface area contributed by atoms with Crippen LogP contribution in [-0.4, -0.2) is 58.5 Å². The highest BCUT2D eigenvalue weighted by Crippen LogP contribution is 2.23. The Morgan fingerprint density at radius 3 is 2.12 bits per heavy atom. The summed E-state index contributed by atoms with van der Waals surface area (Å²) in [6, 6.07) is -0.507. The van der Waals surface area contributed by atoms with Gasteiger partial charge in [-0.3, -0.25) is 4.79 Å². The predicted molar refractivity (Wildman–Crippen MR) is 91.3 cm³/mol. The van der Waals surface area contributed by atoms with E-state index in [0.717, 1.165) is 0 Å². The minimum Gasteiger partial charge on any atom is -0.481 e. The summed E-state index contributed by atoms with van der Waals surface area (Å²) in [4.78, 5) is 36.9. The fourth-order valence-corrected chi connectivity index (χ4v) is 2.58. The molecule has 144 valence electrons. The maximum Gasteiger partial charge on any atom is 0.410 e. The average Bonchev–Trinajstić information content (AvgIpc) is 2.35. The molecule has 0 radical (unpaired) electrons. The van der Waals surface area contributed by atoms with E-state index >= 15 is 0 Å². The van der Waals surface area contributed by atoms with Crippen molar-refractivity contribution in [2.24, 2.45) is 5.92 Å². The van der Waals surface area contributed by atoms with Crippen LogP contribution in [0.3, 0.4) is 0 Å². The molecule has 0 bridgehead atoms. The normalized spacial score (nSPS) is 21.4. The van der Waals surface area contributed by atoms with Gasteiger partial charge in [-0.1, -0.05) is 0 Å². The number of piperidine rings is 1.